The van der Waals surface area contributed by atoms with E-state index < -0.39 is 0 Å². The van der Waals surface area contributed by atoms with Gasteiger partial charge in [-0.2, -0.15) is 0 Å². The average molecular weight is 199 g/mol. The maximum atomic E-state index is 11.5. The Morgan fingerprint density at radius 1 is 1.29 bits per heavy atom. The van der Waals surface area contributed by atoms with Gasteiger partial charge in [0.25, 0.3) is 0 Å². The Labute approximate surface area is 86.0 Å². The third-order valence-electron chi connectivity index (χ3n) is 2.60. The van der Waals surface area contributed by atoms with E-state index in [9.17, 15) is 4.79 Å². The van der Waals surface area contributed by atoms with Crippen LogP contribution in [0.15, 0.2) is 0 Å². The molecule has 1 rings (SSSR count). The van der Waals surface area contributed by atoms with Crippen LogP contribution < -0.4 is 10.6 Å². The second-order valence-electron chi connectivity index (χ2n) is 3.65. The minimum Gasteiger partial charge on any atom is -0.338 e. The normalized spacial score (nSPS) is 18.3. The van der Waals surface area contributed by atoms with Crippen LogP contribution in [0.5, 0.6) is 0 Å². The van der Waals surface area contributed by atoms with Gasteiger partial charge in [0, 0.05) is 25.7 Å². The molecule has 1 heterocycles. The van der Waals surface area contributed by atoms with Crippen molar-refractivity contribution in [2.24, 2.45) is 0 Å². The predicted molar refractivity (Wildman–Crippen MR) is 57.3 cm³/mol. The molecular formula is C10H21N3O. The van der Waals surface area contributed by atoms with Crippen LogP contribution in [-0.4, -0.2) is 43.2 Å². The average Bonchev–Trinajstić information content (AvgIpc) is 2.20. The topological polar surface area (TPSA) is 44.4 Å². The second-order valence-corrected chi connectivity index (χ2v) is 3.65. The molecule has 1 aliphatic heterocycles. The van der Waals surface area contributed by atoms with Crippen molar-refractivity contribution in [3.05, 3.63) is 0 Å². The van der Waals surface area contributed by atoms with Crippen LogP contribution in [0.1, 0.15) is 26.7 Å². The van der Waals surface area contributed by atoms with Gasteiger partial charge in [0.2, 0.25) is 0 Å². The van der Waals surface area contributed by atoms with Gasteiger partial charge in [0.1, 0.15) is 0 Å². The molecule has 0 bridgehead atoms. The summed E-state index contributed by atoms with van der Waals surface area (Å²) in [5.41, 5.74) is 0. The van der Waals surface area contributed by atoms with Crippen LogP contribution >= 0.6 is 0 Å². The lowest BCUT2D eigenvalue weighted by Crippen LogP contribution is -2.48. The number of nitrogens with zero attached hydrogens (tertiary/aromatic N) is 1. The lowest BCUT2D eigenvalue weighted by Gasteiger charge is -2.32. The van der Waals surface area contributed by atoms with Crippen LogP contribution in [0.3, 0.4) is 0 Å². The molecule has 0 aromatic heterocycles. The number of nitrogens with one attached hydrogen (secondary N) is 2. The van der Waals surface area contributed by atoms with Crippen molar-refractivity contribution in [2.75, 3.05) is 26.2 Å². The SMILES string of the molecule is CCNC(=O)N1CCC(NCC)CC1. The largest absolute Gasteiger partial charge is 0.338 e. The lowest BCUT2D eigenvalue weighted by atomic mass is 10.1. The molecule has 0 aliphatic carbocycles. The molecule has 1 saturated heterocycles. The number of piperidine rings is 1. The lowest BCUT2D eigenvalue weighted by molar-refractivity contribution is 0.177. The van der Waals surface area contributed by atoms with Crippen molar-refractivity contribution in [1.29, 1.82) is 0 Å². The van der Waals surface area contributed by atoms with Crippen LogP contribution in [0.25, 0.3) is 0 Å². The van der Waals surface area contributed by atoms with E-state index in [0.717, 1.165) is 32.5 Å². The molecule has 0 unspecified atom stereocenters. The first-order chi connectivity index (χ1) is 6.77. The molecule has 4 nitrogen and oxygen atoms in total. The third-order valence-corrected chi connectivity index (χ3v) is 2.60. The third kappa shape index (κ3) is 3.18. The van der Waals surface area contributed by atoms with Crippen LogP contribution in [-0.2, 0) is 0 Å². The van der Waals surface area contributed by atoms with E-state index in [1.165, 1.54) is 0 Å². The van der Waals surface area contributed by atoms with Gasteiger partial charge in [-0.25, -0.2) is 4.79 Å². The van der Waals surface area contributed by atoms with Crippen LogP contribution in [0.2, 0.25) is 0 Å². The van der Waals surface area contributed by atoms with Gasteiger partial charge >= 0.3 is 6.03 Å². The maximum Gasteiger partial charge on any atom is 0.317 e. The fourth-order valence-electron chi connectivity index (χ4n) is 1.84. The molecule has 2 amide bonds. The van der Waals surface area contributed by atoms with E-state index >= 15 is 0 Å². The van der Waals surface area contributed by atoms with Crippen LogP contribution in [0, 0.1) is 0 Å². The van der Waals surface area contributed by atoms with Gasteiger partial charge in [-0.15, -0.1) is 0 Å². The summed E-state index contributed by atoms with van der Waals surface area (Å²) in [5.74, 6) is 0. The molecule has 0 atom stereocenters. The first kappa shape index (κ1) is 11.3. The molecule has 2 N–H and O–H groups in total. The summed E-state index contributed by atoms with van der Waals surface area (Å²) in [5, 5.41) is 6.25. The van der Waals surface area contributed by atoms with Crippen molar-refractivity contribution in [1.82, 2.24) is 15.5 Å². The minimum absolute atomic E-state index is 0.0856. The first-order valence-corrected chi connectivity index (χ1v) is 5.54. The monoisotopic (exact) mass is 199 g/mol. The molecule has 1 fully saturated rings. The van der Waals surface area contributed by atoms with Gasteiger partial charge in [-0.1, -0.05) is 6.92 Å². The van der Waals surface area contributed by atoms with E-state index in [4.69, 9.17) is 0 Å². The summed E-state index contributed by atoms with van der Waals surface area (Å²) in [6.07, 6.45) is 2.15. The number of carbonyl (C=O) groups is 1. The molecule has 0 aromatic carbocycles. The number of rotatable bonds is 3. The smallest absolute Gasteiger partial charge is 0.317 e. The summed E-state index contributed by atoms with van der Waals surface area (Å²) in [6, 6.07) is 0.688. The van der Waals surface area contributed by atoms with E-state index in [1.807, 2.05) is 11.8 Å². The summed E-state index contributed by atoms with van der Waals surface area (Å²) in [4.78, 5) is 13.4. The van der Waals surface area contributed by atoms with E-state index in [0.29, 0.717) is 12.6 Å². The zero-order valence-corrected chi connectivity index (χ0v) is 9.18. The number of hydrogen-bond donors (Lipinski definition) is 2. The molecule has 4 heteroatoms. The second kappa shape index (κ2) is 5.86. The van der Waals surface area contributed by atoms with E-state index in [2.05, 4.69) is 17.6 Å². The number of carbonyl (C=O) groups excluding carboxylic acids is 1. The standard InChI is InChI=1S/C10H21N3O/c1-3-11-9-5-7-13(8-6-9)10(14)12-4-2/h9,11H,3-8H2,1-2H3,(H,12,14). The van der Waals surface area contributed by atoms with Gasteiger partial charge in [0.05, 0.1) is 0 Å². The zero-order chi connectivity index (χ0) is 10.4. The number of amides is 2. The number of hydrogen-bond acceptors (Lipinski definition) is 2. The molecule has 14 heavy (non-hydrogen) atoms. The van der Waals surface area contributed by atoms with Crippen molar-refractivity contribution in [3.63, 3.8) is 0 Å². The predicted octanol–water partition coefficient (Wildman–Crippen LogP) is 0.790. The van der Waals surface area contributed by atoms with Crippen molar-refractivity contribution < 1.29 is 4.79 Å². The van der Waals surface area contributed by atoms with Crippen LogP contribution in [0.4, 0.5) is 4.79 Å². The van der Waals surface area contributed by atoms with Crippen molar-refractivity contribution in [2.45, 2.75) is 32.7 Å². The fourth-order valence-corrected chi connectivity index (χ4v) is 1.84. The number of urea groups is 1. The quantitative estimate of drug-likeness (QED) is 0.706. The van der Waals surface area contributed by atoms with Gasteiger partial charge in [-0.3, -0.25) is 0 Å². The van der Waals surface area contributed by atoms with Crippen molar-refractivity contribution >= 4 is 6.03 Å². The van der Waals surface area contributed by atoms with Crippen molar-refractivity contribution in [3.8, 4) is 0 Å². The van der Waals surface area contributed by atoms with E-state index in [-0.39, 0.29) is 6.03 Å². The summed E-state index contributed by atoms with van der Waals surface area (Å²) >= 11 is 0. The van der Waals surface area contributed by atoms with Gasteiger partial charge in [-0.05, 0) is 26.3 Å². The molecule has 1 aliphatic rings. The Kier molecular flexibility index (Phi) is 4.73. The Balaban J connectivity index is 2.24. The highest BCUT2D eigenvalue weighted by Gasteiger charge is 2.21. The van der Waals surface area contributed by atoms with Gasteiger partial charge in [0.15, 0.2) is 0 Å². The highest BCUT2D eigenvalue weighted by atomic mass is 16.2. The maximum absolute atomic E-state index is 11.5. The fraction of sp³-hybridized carbons (Fsp3) is 0.900. The first-order valence-electron chi connectivity index (χ1n) is 5.54. The minimum atomic E-state index is 0.0856. The highest BCUT2D eigenvalue weighted by molar-refractivity contribution is 5.74. The molecular weight excluding hydrogens is 178 g/mol. The molecule has 0 aromatic rings. The molecule has 82 valence electrons. The Bertz CT molecular complexity index is 176. The zero-order valence-electron chi connectivity index (χ0n) is 9.18. The molecule has 0 saturated carbocycles. The van der Waals surface area contributed by atoms with Gasteiger partial charge < -0.3 is 15.5 Å². The number of likely N-dealkylation sites (tertiary alicyclic amines) is 1. The highest BCUT2D eigenvalue weighted by Crippen LogP contribution is 2.09. The molecule has 0 spiro atoms. The Morgan fingerprint density at radius 3 is 2.43 bits per heavy atom. The summed E-state index contributed by atoms with van der Waals surface area (Å²) < 4.78 is 0. The summed E-state index contributed by atoms with van der Waals surface area (Å²) in [7, 11) is 0. The van der Waals surface area contributed by atoms with E-state index in [1.54, 1.807) is 0 Å². The summed E-state index contributed by atoms with van der Waals surface area (Å²) in [6.45, 7) is 7.56. The molecule has 0 radical (unpaired) electrons. The Morgan fingerprint density at radius 2 is 1.93 bits per heavy atom. The Hall–Kier alpha value is -0.770.